The molecule has 2 aliphatic carbocycles. The summed E-state index contributed by atoms with van der Waals surface area (Å²) in [5.41, 5.74) is -0.633. The first-order chi connectivity index (χ1) is 10.1. The molecule has 2 fully saturated rings. The summed E-state index contributed by atoms with van der Waals surface area (Å²) >= 11 is 0. The van der Waals surface area contributed by atoms with Crippen LogP contribution in [0.3, 0.4) is 0 Å². The van der Waals surface area contributed by atoms with Gasteiger partial charge in [-0.05, 0) is 44.4 Å². The third-order valence-corrected chi connectivity index (χ3v) is 5.56. The van der Waals surface area contributed by atoms with Crippen molar-refractivity contribution < 1.29 is 9.90 Å². The molecule has 2 saturated carbocycles. The van der Waals surface area contributed by atoms with Crippen molar-refractivity contribution >= 4 is 5.91 Å². The number of hydrogen-bond acceptors (Lipinski definition) is 2. The normalized spacial score (nSPS) is 29.0. The van der Waals surface area contributed by atoms with Crippen molar-refractivity contribution in [3.05, 3.63) is 0 Å². The van der Waals surface area contributed by atoms with Crippen molar-refractivity contribution in [3.63, 3.8) is 0 Å². The van der Waals surface area contributed by atoms with Crippen LogP contribution < -0.4 is 5.32 Å². The van der Waals surface area contributed by atoms with E-state index in [2.05, 4.69) is 12.2 Å². The Morgan fingerprint density at radius 3 is 2.43 bits per heavy atom. The van der Waals surface area contributed by atoms with E-state index in [1.54, 1.807) is 0 Å². The number of aliphatic hydroxyl groups is 1. The van der Waals surface area contributed by atoms with E-state index in [1.165, 1.54) is 38.5 Å². The second kappa shape index (κ2) is 8.17. The average molecular weight is 295 g/mol. The van der Waals surface area contributed by atoms with E-state index in [9.17, 15) is 9.90 Å². The smallest absolute Gasteiger partial charge is 0.223 e. The van der Waals surface area contributed by atoms with Crippen LogP contribution in [0.15, 0.2) is 0 Å². The zero-order chi connectivity index (χ0) is 15.1. The number of unbranched alkanes of at least 4 members (excludes halogenated alkanes) is 1. The summed E-state index contributed by atoms with van der Waals surface area (Å²) < 4.78 is 0. The van der Waals surface area contributed by atoms with Gasteiger partial charge in [0.1, 0.15) is 0 Å². The van der Waals surface area contributed by atoms with Gasteiger partial charge in [-0.1, -0.05) is 45.4 Å². The Balaban J connectivity index is 1.67. The van der Waals surface area contributed by atoms with Crippen molar-refractivity contribution in [2.45, 2.75) is 89.6 Å². The van der Waals surface area contributed by atoms with Gasteiger partial charge in [-0.25, -0.2) is 0 Å². The van der Waals surface area contributed by atoms with E-state index in [-0.39, 0.29) is 11.8 Å². The van der Waals surface area contributed by atoms with Gasteiger partial charge in [0.05, 0.1) is 5.60 Å². The van der Waals surface area contributed by atoms with E-state index >= 15 is 0 Å². The fourth-order valence-corrected chi connectivity index (χ4v) is 3.99. The third kappa shape index (κ3) is 5.28. The first-order valence-corrected chi connectivity index (χ1v) is 9.13. The maximum absolute atomic E-state index is 12.3. The van der Waals surface area contributed by atoms with Crippen molar-refractivity contribution in [2.24, 2.45) is 11.8 Å². The highest BCUT2D eigenvalue weighted by atomic mass is 16.3. The van der Waals surface area contributed by atoms with E-state index in [0.29, 0.717) is 6.54 Å². The Morgan fingerprint density at radius 1 is 1.14 bits per heavy atom. The molecule has 2 aliphatic rings. The van der Waals surface area contributed by atoms with Crippen LogP contribution in [0.4, 0.5) is 0 Å². The molecule has 21 heavy (non-hydrogen) atoms. The Bertz CT molecular complexity index is 315. The molecule has 0 aromatic heterocycles. The van der Waals surface area contributed by atoms with Crippen LogP contribution in [0, 0.1) is 11.8 Å². The highest BCUT2D eigenvalue weighted by molar-refractivity contribution is 5.78. The fourth-order valence-electron chi connectivity index (χ4n) is 3.99. The van der Waals surface area contributed by atoms with E-state index < -0.39 is 5.60 Å². The molecule has 0 heterocycles. The third-order valence-electron chi connectivity index (χ3n) is 5.56. The molecule has 2 N–H and O–H groups in total. The van der Waals surface area contributed by atoms with Gasteiger partial charge in [-0.3, -0.25) is 4.79 Å². The molecule has 122 valence electrons. The lowest BCUT2D eigenvalue weighted by Gasteiger charge is -2.33. The van der Waals surface area contributed by atoms with Crippen molar-refractivity contribution in [1.82, 2.24) is 5.32 Å². The number of amides is 1. The van der Waals surface area contributed by atoms with E-state index in [1.807, 2.05) is 0 Å². The summed E-state index contributed by atoms with van der Waals surface area (Å²) in [7, 11) is 0. The first-order valence-electron chi connectivity index (χ1n) is 9.13. The second-order valence-corrected chi connectivity index (χ2v) is 7.36. The molecule has 0 saturated heterocycles. The molecule has 1 amide bonds. The molecule has 0 aromatic rings. The fraction of sp³-hybridized carbons (Fsp3) is 0.944. The van der Waals surface area contributed by atoms with Gasteiger partial charge >= 0.3 is 0 Å². The maximum Gasteiger partial charge on any atom is 0.223 e. The van der Waals surface area contributed by atoms with E-state index in [4.69, 9.17) is 0 Å². The minimum atomic E-state index is -0.633. The molecule has 0 radical (unpaired) electrons. The summed E-state index contributed by atoms with van der Waals surface area (Å²) in [5, 5.41) is 13.5. The number of rotatable bonds is 6. The van der Waals surface area contributed by atoms with Crippen LogP contribution >= 0.6 is 0 Å². The molecule has 0 unspecified atom stereocenters. The van der Waals surface area contributed by atoms with Gasteiger partial charge < -0.3 is 10.4 Å². The van der Waals surface area contributed by atoms with Crippen LogP contribution in [0.25, 0.3) is 0 Å². The lowest BCUT2D eigenvalue weighted by atomic mass is 9.79. The van der Waals surface area contributed by atoms with Crippen molar-refractivity contribution in [2.75, 3.05) is 6.54 Å². The van der Waals surface area contributed by atoms with Gasteiger partial charge in [-0.15, -0.1) is 0 Å². The maximum atomic E-state index is 12.3. The molecule has 2 rings (SSSR count). The molecule has 0 atom stereocenters. The van der Waals surface area contributed by atoms with Crippen LogP contribution in [-0.4, -0.2) is 23.2 Å². The number of carbonyl (C=O) groups excluding carboxylic acids is 1. The Labute approximate surface area is 129 Å². The zero-order valence-electron chi connectivity index (χ0n) is 13.7. The second-order valence-electron chi connectivity index (χ2n) is 7.36. The van der Waals surface area contributed by atoms with Gasteiger partial charge in [0, 0.05) is 12.5 Å². The van der Waals surface area contributed by atoms with Crippen LogP contribution in [0.5, 0.6) is 0 Å². The Kier molecular flexibility index (Phi) is 6.53. The van der Waals surface area contributed by atoms with Crippen molar-refractivity contribution in [1.29, 1.82) is 0 Å². The highest BCUT2D eigenvalue weighted by Gasteiger charge is 2.31. The molecule has 0 aromatic carbocycles. The highest BCUT2D eigenvalue weighted by Crippen LogP contribution is 2.32. The average Bonchev–Trinajstić information content (AvgIpc) is 2.52. The van der Waals surface area contributed by atoms with Crippen LogP contribution in [-0.2, 0) is 4.79 Å². The number of hydrogen-bond donors (Lipinski definition) is 2. The van der Waals surface area contributed by atoms with Gasteiger partial charge in [0.15, 0.2) is 0 Å². The van der Waals surface area contributed by atoms with Gasteiger partial charge in [0.2, 0.25) is 5.91 Å². The summed E-state index contributed by atoms with van der Waals surface area (Å²) in [4.78, 5) is 12.3. The lowest BCUT2D eigenvalue weighted by molar-refractivity contribution is -0.127. The Hall–Kier alpha value is -0.570. The quantitative estimate of drug-likeness (QED) is 0.783. The van der Waals surface area contributed by atoms with Crippen LogP contribution in [0.2, 0.25) is 0 Å². The van der Waals surface area contributed by atoms with E-state index in [0.717, 1.165) is 44.4 Å². The molecule has 3 nitrogen and oxygen atoms in total. The van der Waals surface area contributed by atoms with Gasteiger partial charge in [0.25, 0.3) is 0 Å². The van der Waals surface area contributed by atoms with Crippen LogP contribution in [0.1, 0.15) is 84.0 Å². The molecule has 3 heteroatoms. The lowest BCUT2D eigenvalue weighted by Crippen LogP contribution is -2.46. The predicted molar refractivity (Wildman–Crippen MR) is 86.0 cm³/mol. The monoisotopic (exact) mass is 295 g/mol. The van der Waals surface area contributed by atoms with Crippen molar-refractivity contribution in [3.8, 4) is 0 Å². The largest absolute Gasteiger partial charge is 0.388 e. The first kappa shape index (κ1) is 16.8. The molecule has 0 aliphatic heterocycles. The zero-order valence-corrected chi connectivity index (χ0v) is 13.7. The summed E-state index contributed by atoms with van der Waals surface area (Å²) in [6, 6.07) is 0. The summed E-state index contributed by atoms with van der Waals surface area (Å²) in [6.07, 6.45) is 13.5. The Morgan fingerprint density at radius 2 is 1.81 bits per heavy atom. The standard InChI is InChI=1S/C18H33NO2/c1-2-3-7-15-8-10-16(11-9-15)17(20)19-14-18(21)12-5-4-6-13-18/h15-16,21H,2-14H2,1H3,(H,19,20). The minimum absolute atomic E-state index is 0.183. The topological polar surface area (TPSA) is 49.3 Å². The molecular weight excluding hydrogens is 262 g/mol. The number of carbonyl (C=O) groups is 1. The predicted octanol–water partition coefficient (Wildman–Crippen LogP) is 3.79. The number of nitrogens with one attached hydrogen (secondary N) is 1. The SMILES string of the molecule is CCCCC1CCC(C(=O)NCC2(O)CCCCC2)CC1. The molecule has 0 spiro atoms. The molecule has 0 bridgehead atoms. The summed E-state index contributed by atoms with van der Waals surface area (Å²) in [6.45, 7) is 2.71. The molecular formula is C18H33NO2. The van der Waals surface area contributed by atoms with Gasteiger partial charge in [-0.2, -0.15) is 0 Å². The summed E-state index contributed by atoms with van der Waals surface area (Å²) in [5.74, 6) is 1.22. The minimum Gasteiger partial charge on any atom is -0.388 e.